The Labute approximate surface area is 180 Å². The molecule has 0 aliphatic carbocycles. The van der Waals surface area contributed by atoms with E-state index >= 15 is 0 Å². The standard InChI is InChI=1S/C17H17NO4.C3H4Br2O/c19-16(20)15(11-13-7-3-1-4-8-13)18-17(21)22-12-14-9-5-2-6-10-14;4-1-3(6)2-5/h1-10,15H,11-12H2,(H,18,21)(H,19,20);1-2H2. The van der Waals surface area contributed by atoms with Crippen molar-refractivity contribution < 1.29 is 24.2 Å². The van der Waals surface area contributed by atoms with E-state index < -0.39 is 18.1 Å². The summed E-state index contributed by atoms with van der Waals surface area (Å²) in [6.45, 7) is 0.102. The number of rotatable bonds is 8. The summed E-state index contributed by atoms with van der Waals surface area (Å²) in [6.07, 6.45) is -0.538. The SMILES string of the molecule is O=C(CBr)CBr.O=C(NC(Cc1ccccc1)C(=O)O)OCc1ccccc1. The van der Waals surface area contributed by atoms with Crippen molar-refractivity contribution >= 4 is 49.7 Å². The minimum atomic E-state index is -1.10. The molecule has 150 valence electrons. The van der Waals surface area contributed by atoms with Crippen LogP contribution in [0, 0.1) is 0 Å². The molecule has 1 atom stereocenters. The Morgan fingerprint density at radius 2 is 1.39 bits per heavy atom. The molecule has 0 spiro atoms. The number of halogens is 2. The Kier molecular flexibility index (Phi) is 11.8. The van der Waals surface area contributed by atoms with Gasteiger partial charge in [-0.3, -0.25) is 4.79 Å². The van der Waals surface area contributed by atoms with Gasteiger partial charge in [0.25, 0.3) is 0 Å². The highest BCUT2D eigenvalue weighted by atomic mass is 79.9. The van der Waals surface area contributed by atoms with Gasteiger partial charge in [-0.25, -0.2) is 9.59 Å². The predicted molar refractivity (Wildman–Crippen MR) is 114 cm³/mol. The highest BCUT2D eigenvalue weighted by Crippen LogP contribution is 2.05. The maximum Gasteiger partial charge on any atom is 0.408 e. The molecule has 0 bridgehead atoms. The average molecular weight is 515 g/mol. The highest BCUT2D eigenvalue weighted by molar-refractivity contribution is 9.10. The van der Waals surface area contributed by atoms with Crippen LogP contribution in [0.3, 0.4) is 0 Å². The van der Waals surface area contributed by atoms with E-state index in [0.29, 0.717) is 10.7 Å². The number of amides is 1. The summed E-state index contributed by atoms with van der Waals surface area (Å²) in [5.74, 6) is -0.921. The number of carboxylic acids is 1. The number of hydrogen-bond acceptors (Lipinski definition) is 4. The maximum atomic E-state index is 11.7. The van der Waals surface area contributed by atoms with E-state index in [1.807, 2.05) is 60.7 Å². The molecule has 1 unspecified atom stereocenters. The zero-order valence-corrected chi connectivity index (χ0v) is 18.2. The molecule has 2 N–H and O–H groups in total. The lowest BCUT2D eigenvalue weighted by Gasteiger charge is -2.14. The van der Waals surface area contributed by atoms with Gasteiger partial charge in [-0.05, 0) is 11.1 Å². The predicted octanol–water partition coefficient (Wildman–Crippen LogP) is 3.95. The van der Waals surface area contributed by atoms with E-state index in [0.717, 1.165) is 11.1 Å². The molecule has 0 aromatic heterocycles. The second-order valence-corrected chi connectivity index (χ2v) is 6.71. The van der Waals surface area contributed by atoms with Gasteiger partial charge < -0.3 is 15.2 Å². The van der Waals surface area contributed by atoms with Crippen molar-refractivity contribution in [1.82, 2.24) is 5.32 Å². The quantitative estimate of drug-likeness (QED) is 0.520. The third-order valence-electron chi connectivity index (χ3n) is 3.38. The van der Waals surface area contributed by atoms with Gasteiger partial charge in [-0.15, -0.1) is 0 Å². The van der Waals surface area contributed by atoms with Crippen LogP contribution < -0.4 is 5.32 Å². The van der Waals surface area contributed by atoms with Gasteiger partial charge >= 0.3 is 12.1 Å². The second-order valence-electron chi connectivity index (χ2n) is 5.59. The molecule has 8 heteroatoms. The largest absolute Gasteiger partial charge is 0.480 e. The maximum absolute atomic E-state index is 11.7. The number of carbonyl (C=O) groups excluding carboxylic acids is 2. The fraction of sp³-hybridized carbons (Fsp3) is 0.250. The fourth-order valence-corrected chi connectivity index (χ4v) is 2.92. The highest BCUT2D eigenvalue weighted by Gasteiger charge is 2.21. The first kappa shape index (κ1) is 23.8. The number of ketones is 1. The van der Waals surface area contributed by atoms with E-state index in [1.54, 1.807) is 0 Å². The number of benzene rings is 2. The number of Topliss-reactive ketones (excluding diaryl/α,β-unsaturated/α-hetero) is 1. The van der Waals surface area contributed by atoms with E-state index in [1.165, 1.54) is 0 Å². The van der Waals surface area contributed by atoms with Crippen molar-refractivity contribution in [3.63, 3.8) is 0 Å². The van der Waals surface area contributed by atoms with Crippen molar-refractivity contribution in [2.24, 2.45) is 0 Å². The third kappa shape index (κ3) is 10.2. The molecule has 2 rings (SSSR count). The first-order valence-electron chi connectivity index (χ1n) is 8.33. The van der Waals surface area contributed by atoms with Crippen molar-refractivity contribution in [1.29, 1.82) is 0 Å². The molecule has 0 fully saturated rings. The van der Waals surface area contributed by atoms with E-state index in [4.69, 9.17) is 4.74 Å². The van der Waals surface area contributed by atoms with Gasteiger partial charge in [0.05, 0.1) is 10.7 Å². The summed E-state index contributed by atoms with van der Waals surface area (Å²) in [6, 6.07) is 17.3. The topological polar surface area (TPSA) is 92.7 Å². The summed E-state index contributed by atoms with van der Waals surface area (Å²) in [5, 5.41) is 12.5. The van der Waals surface area contributed by atoms with Crippen LogP contribution >= 0.6 is 31.9 Å². The molecule has 2 aromatic carbocycles. The number of aliphatic carboxylic acids is 1. The monoisotopic (exact) mass is 513 g/mol. The van der Waals surface area contributed by atoms with E-state index in [9.17, 15) is 19.5 Å². The Bertz CT molecular complexity index is 735. The Balaban J connectivity index is 0.000000568. The van der Waals surface area contributed by atoms with Crippen LogP contribution in [0.5, 0.6) is 0 Å². The van der Waals surface area contributed by atoms with Gasteiger partial charge in [0.1, 0.15) is 12.6 Å². The molecule has 0 heterocycles. The fourth-order valence-electron chi connectivity index (χ4n) is 1.99. The lowest BCUT2D eigenvalue weighted by atomic mass is 10.1. The van der Waals surface area contributed by atoms with Gasteiger partial charge in [0, 0.05) is 6.42 Å². The molecule has 0 saturated heterocycles. The Morgan fingerprint density at radius 3 is 1.82 bits per heavy atom. The van der Waals surface area contributed by atoms with E-state index in [-0.39, 0.29) is 18.8 Å². The molecule has 2 aromatic rings. The zero-order chi connectivity index (χ0) is 20.8. The molecular weight excluding hydrogens is 494 g/mol. The van der Waals surface area contributed by atoms with Crippen LogP contribution in [-0.4, -0.2) is 39.7 Å². The number of alkyl halides is 2. The number of hydrogen-bond donors (Lipinski definition) is 2. The molecular formula is C20H21Br2NO5. The van der Waals surface area contributed by atoms with Crippen LogP contribution in [0.25, 0.3) is 0 Å². The van der Waals surface area contributed by atoms with Crippen LogP contribution in [0.1, 0.15) is 11.1 Å². The Hall–Kier alpha value is -2.19. The minimum Gasteiger partial charge on any atom is -0.480 e. The molecule has 0 aliphatic rings. The zero-order valence-electron chi connectivity index (χ0n) is 15.0. The number of alkyl carbamates (subject to hydrolysis) is 1. The van der Waals surface area contributed by atoms with Crippen LogP contribution in [0.4, 0.5) is 4.79 Å². The summed E-state index contributed by atoms with van der Waals surface area (Å²) in [4.78, 5) is 33.1. The first-order valence-corrected chi connectivity index (χ1v) is 10.6. The minimum absolute atomic E-state index is 0.102. The summed E-state index contributed by atoms with van der Waals surface area (Å²) in [7, 11) is 0. The molecule has 0 aliphatic heterocycles. The normalized spacial score (nSPS) is 10.8. The number of ether oxygens (including phenoxy) is 1. The van der Waals surface area contributed by atoms with Gasteiger partial charge in [-0.2, -0.15) is 0 Å². The van der Waals surface area contributed by atoms with Crippen LogP contribution in [0.15, 0.2) is 60.7 Å². The average Bonchev–Trinajstić information content (AvgIpc) is 2.73. The van der Waals surface area contributed by atoms with Crippen molar-refractivity contribution in [2.75, 3.05) is 10.7 Å². The van der Waals surface area contributed by atoms with Gasteiger partial charge in [0.15, 0.2) is 5.78 Å². The van der Waals surface area contributed by atoms with Crippen LogP contribution in [0.2, 0.25) is 0 Å². The summed E-state index contributed by atoms with van der Waals surface area (Å²) in [5.41, 5.74) is 1.67. The van der Waals surface area contributed by atoms with Crippen LogP contribution in [-0.2, 0) is 27.4 Å². The lowest BCUT2D eigenvalue weighted by molar-refractivity contribution is -0.139. The van der Waals surface area contributed by atoms with Gasteiger partial charge in [-0.1, -0.05) is 92.5 Å². The molecule has 6 nitrogen and oxygen atoms in total. The molecule has 28 heavy (non-hydrogen) atoms. The number of carboxylic acid groups (broad SMARTS) is 1. The Morgan fingerprint density at radius 1 is 0.893 bits per heavy atom. The summed E-state index contributed by atoms with van der Waals surface area (Å²) < 4.78 is 5.03. The lowest BCUT2D eigenvalue weighted by Crippen LogP contribution is -2.42. The summed E-state index contributed by atoms with van der Waals surface area (Å²) >= 11 is 5.99. The smallest absolute Gasteiger partial charge is 0.408 e. The molecule has 0 saturated carbocycles. The third-order valence-corrected chi connectivity index (χ3v) is 4.63. The molecule has 1 amide bonds. The second kappa shape index (κ2) is 13.9. The molecule has 0 radical (unpaired) electrons. The first-order chi connectivity index (χ1) is 13.5. The number of nitrogens with one attached hydrogen (secondary N) is 1. The van der Waals surface area contributed by atoms with Crippen molar-refractivity contribution in [3.8, 4) is 0 Å². The van der Waals surface area contributed by atoms with Gasteiger partial charge in [0.2, 0.25) is 0 Å². The van der Waals surface area contributed by atoms with Crippen molar-refractivity contribution in [2.45, 2.75) is 19.1 Å². The number of carbonyl (C=O) groups is 3. The van der Waals surface area contributed by atoms with E-state index in [2.05, 4.69) is 37.2 Å². The van der Waals surface area contributed by atoms with Crippen molar-refractivity contribution in [3.05, 3.63) is 71.8 Å².